The number of hydrogen-bond acceptors (Lipinski definition) is 4. The summed E-state index contributed by atoms with van der Waals surface area (Å²) in [6.45, 7) is 2.23. The van der Waals surface area contributed by atoms with Crippen LogP contribution in [0.5, 0.6) is 5.75 Å². The molecular weight excluding hydrogens is 371 g/mol. The van der Waals surface area contributed by atoms with Crippen molar-refractivity contribution in [3.8, 4) is 5.75 Å². The summed E-state index contributed by atoms with van der Waals surface area (Å²) in [6.07, 6.45) is -4.69. The van der Waals surface area contributed by atoms with Crippen LogP contribution in [0.3, 0.4) is 0 Å². The Morgan fingerprint density at radius 1 is 1.04 bits per heavy atom. The zero-order valence-electron chi connectivity index (χ0n) is 14.0. The molecule has 0 saturated carbocycles. The number of aliphatic hydroxyl groups is 1. The second-order valence-electron chi connectivity index (χ2n) is 6.34. The minimum atomic E-state index is -4.69. The molecule has 0 unspecified atom stereocenters. The number of sulfonamides is 1. The molecule has 0 amide bonds. The van der Waals surface area contributed by atoms with Crippen LogP contribution in [-0.4, -0.2) is 30.8 Å². The van der Waals surface area contributed by atoms with Crippen LogP contribution < -0.4 is 4.31 Å². The molecule has 0 saturated heterocycles. The van der Waals surface area contributed by atoms with Crippen LogP contribution in [0.4, 0.5) is 18.9 Å². The molecule has 0 spiro atoms. The average Bonchev–Trinajstić information content (AvgIpc) is 2.52. The number of phenols is 1. The summed E-state index contributed by atoms with van der Waals surface area (Å²) in [5.74, 6) is -0.858. The Kier molecular flexibility index (Phi) is 5.25. The van der Waals surface area contributed by atoms with Gasteiger partial charge in [-0.1, -0.05) is 18.2 Å². The predicted molar refractivity (Wildman–Crippen MR) is 90.4 cm³/mol. The first-order chi connectivity index (χ1) is 11.8. The Morgan fingerprint density at radius 2 is 1.62 bits per heavy atom. The maximum atomic E-state index is 12.9. The van der Waals surface area contributed by atoms with Crippen molar-refractivity contribution in [1.82, 2.24) is 0 Å². The summed E-state index contributed by atoms with van der Waals surface area (Å²) in [7, 11) is -4.23. The zero-order valence-corrected chi connectivity index (χ0v) is 14.8. The number of rotatable bonds is 5. The minimum absolute atomic E-state index is 0.122. The van der Waals surface area contributed by atoms with Gasteiger partial charge in [-0.2, -0.15) is 13.2 Å². The van der Waals surface area contributed by atoms with Crippen LogP contribution in [0.25, 0.3) is 0 Å². The molecular formula is C17H18F3NO4S. The first-order valence-corrected chi connectivity index (χ1v) is 8.97. The first kappa shape index (κ1) is 20.1. The molecule has 142 valence electrons. The van der Waals surface area contributed by atoms with Gasteiger partial charge in [-0.05, 0) is 44.2 Å². The number of aromatic hydroxyl groups is 1. The topological polar surface area (TPSA) is 77.8 Å². The molecule has 0 heterocycles. The standard InChI is InChI=1S/C17H18F3NO4S/c1-16(2,23)11-21(26(24,25)13-6-4-3-5-7-13)14-9-8-12(10-15(14)22)17(18,19)20/h3-10,22-23H,11H2,1-2H3. The smallest absolute Gasteiger partial charge is 0.416 e. The van der Waals surface area contributed by atoms with Crippen molar-refractivity contribution in [3.05, 3.63) is 54.1 Å². The Bertz CT molecular complexity index is 875. The van der Waals surface area contributed by atoms with Gasteiger partial charge in [-0.3, -0.25) is 4.31 Å². The second kappa shape index (κ2) is 6.81. The van der Waals surface area contributed by atoms with Crippen molar-refractivity contribution in [2.45, 2.75) is 30.5 Å². The molecule has 2 N–H and O–H groups in total. The van der Waals surface area contributed by atoms with Gasteiger partial charge in [-0.25, -0.2) is 8.42 Å². The van der Waals surface area contributed by atoms with Crippen molar-refractivity contribution in [2.75, 3.05) is 10.8 Å². The van der Waals surface area contributed by atoms with E-state index in [0.717, 1.165) is 6.07 Å². The third-order valence-corrected chi connectivity index (χ3v) is 5.21. The van der Waals surface area contributed by atoms with Crippen molar-refractivity contribution in [2.24, 2.45) is 0 Å². The van der Waals surface area contributed by atoms with Gasteiger partial charge in [0.2, 0.25) is 0 Å². The molecule has 0 aliphatic rings. The maximum absolute atomic E-state index is 12.9. The average molecular weight is 389 g/mol. The van der Waals surface area contributed by atoms with E-state index >= 15 is 0 Å². The number of nitrogens with zero attached hydrogens (tertiary/aromatic N) is 1. The van der Waals surface area contributed by atoms with E-state index in [0.29, 0.717) is 16.4 Å². The predicted octanol–water partition coefficient (Wildman–Crippen LogP) is 3.38. The summed E-state index contributed by atoms with van der Waals surface area (Å²) in [6, 6.07) is 9.20. The zero-order chi connectivity index (χ0) is 19.8. The lowest BCUT2D eigenvalue weighted by atomic mass is 10.1. The van der Waals surface area contributed by atoms with Crippen LogP contribution in [0.1, 0.15) is 19.4 Å². The van der Waals surface area contributed by atoms with E-state index in [-0.39, 0.29) is 10.6 Å². The monoisotopic (exact) mass is 389 g/mol. The van der Waals surface area contributed by atoms with E-state index in [2.05, 4.69) is 0 Å². The van der Waals surface area contributed by atoms with E-state index < -0.39 is 39.7 Å². The fourth-order valence-corrected chi connectivity index (χ4v) is 3.94. The molecule has 2 rings (SSSR count). The summed E-state index contributed by atoms with van der Waals surface area (Å²) in [5, 5.41) is 20.1. The van der Waals surface area contributed by atoms with E-state index in [4.69, 9.17) is 0 Å². The highest BCUT2D eigenvalue weighted by atomic mass is 32.2. The van der Waals surface area contributed by atoms with Crippen LogP contribution in [0.15, 0.2) is 53.4 Å². The Morgan fingerprint density at radius 3 is 2.08 bits per heavy atom. The van der Waals surface area contributed by atoms with Crippen molar-refractivity contribution in [1.29, 1.82) is 0 Å². The van der Waals surface area contributed by atoms with Gasteiger partial charge in [0.05, 0.1) is 28.3 Å². The molecule has 5 nitrogen and oxygen atoms in total. The van der Waals surface area contributed by atoms with E-state index in [1.807, 2.05) is 0 Å². The number of benzene rings is 2. The lowest BCUT2D eigenvalue weighted by Gasteiger charge is -2.30. The fourth-order valence-electron chi connectivity index (χ4n) is 2.28. The molecule has 0 aliphatic heterocycles. The third-order valence-electron chi connectivity index (χ3n) is 3.43. The number of phenolic OH excluding ortho intramolecular Hbond substituents is 1. The largest absolute Gasteiger partial charge is 0.506 e. The highest BCUT2D eigenvalue weighted by Crippen LogP contribution is 2.38. The normalized spacial score (nSPS) is 12.8. The quantitative estimate of drug-likeness (QED) is 0.822. The van der Waals surface area contributed by atoms with Crippen LogP contribution in [-0.2, 0) is 16.2 Å². The van der Waals surface area contributed by atoms with E-state index in [1.165, 1.54) is 38.1 Å². The number of anilines is 1. The molecule has 0 aliphatic carbocycles. The molecule has 26 heavy (non-hydrogen) atoms. The number of hydrogen-bond donors (Lipinski definition) is 2. The van der Waals surface area contributed by atoms with Gasteiger partial charge in [0.25, 0.3) is 10.0 Å². The number of halogens is 3. The lowest BCUT2D eigenvalue weighted by molar-refractivity contribution is -0.137. The van der Waals surface area contributed by atoms with Gasteiger partial charge >= 0.3 is 6.18 Å². The SMILES string of the molecule is CC(C)(O)CN(c1ccc(C(F)(F)F)cc1O)S(=O)(=O)c1ccccc1. The summed E-state index contributed by atoms with van der Waals surface area (Å²) in [4.78, 5) is -0.122. The summed E-state index contributed by atoms with van der Waals surface area (Å²) >= 11 is 0. The highest BCUT2D eigenvalue weighted by Gasteiger charge is 2.35. The van der Waals surface area contributed by atoms with E-state index in [9.17, 15) is 31.8 Å². The van der Waals surface area contributed by atoms with Gasteiger partial charge in [-0.15, -0.1) is 0 Å². The molecule has 0 fully saturated rings. The van der Waals surface area contributed by atoms with Crippen LogP contribution in [0, 0.1) is 0 Å². The molecule has 0 radical (unpaired) electrons. The Labute approximate surface area is 149 Å². The minimum Gasteiger partial charge on any atom is -0.506 e. The highest BCUT2D eigenvalue weighted by molar-refractivity contribution is 7.92. The molecule has 0 bridgehead atoms. The van der Waals surface area contributed by atoms with Crippen LogP contribution >= 0.6 is 0 Å². The lowest BCUT2D eigenvalue weighted by Crippen LogP contribution is -2.42. The van der Waals surface area contributed by atoms with Gasteiger partial charge in [0, 0.05) is 0 Å². The molecule has 0 atom stereocenters. The summed E-state index contributed by atoms with van der Waals surface area (Å²) < 4.78 is 64.9. The molecule has 2 aromatic rings. The van der Waals surface area contributed by atoms with Crippen molar-refractivity contribution in [3.63, 3.8) is 0 Å². The van der Waals surface area contributed by atoms with Crippen LogP contribution in [0.2, 0.25) is 0 Å². The Balaban J connectivity index is 2.60. The first-order valence-electron chi connectivity index (χ1n) is 7.53. The Hall–Kier alpha value is -2.26. The molecule has 2 aromatic carbocycles. The summed E-state index contributed by atoms with van der Waals surface area (Å²) in [5.41, 5.74) is -2.97. The second-order valence-corrected chi connectivity index (χ2v) is 8.20. The number of alkyl halides is 3. The van der Waals surface area contributed by atoms with Gasteiger partial charge in [0.15, 0.2) is 0 Å². The molecule has 9 heteroatoms. The molecule has 0 aromatic heterocycles. The van der Waals surface area contributed by atoms with E-state index in [1.54, 1.807) is 6.07 Å². The van der Waals surface area contributed by atoms with Crippen molar-refractivity contribution >= 4 is 15.7 Å². The maximum Gasteiger partial charge on any atom is 0.416 e. The third kappa shape index (κ3) is 4.47. The van der Waals surface area contributed by atoms with Crippen molar-refractivity contribution < 1.29 is 31.8 Å². The van der Waals surface area contributed by atoms with Gasteiger partial charge < -0.3 is 10.2 Å². The fraction of sp³-hybridized carbons (Fsp3) is 0.294. The van der Waals surface area contributed by atoms with Gasteiger partial charge in [0.1, 0.15) is 5.75 Å².